The number of aromatic nitrogens is 4. The Morgan fingerprint density at radius 2 is 1.95 bits per heavy atom. The van der Waals surface area contributed by atoms with Crippen LogP contribution in [-0.4, -0.2) is 62.6 Å². The smallest absolute Gasteiger partial charge is 0.355 e. The predicted molar refractivity (Wildman–Crippen MR) is 161 cm³/mol. The van der Waals surface area contributed by atoms with Crippen LogP contribution in [0, 0.1) is 6.92 Å². The summed E-state index contributed by atoms with van der Waals surface area (Å²) >= 11 is 13.7. The molecule has 3 aromatic heterocycles. The summed E-state index contributed by atoms with van der Waals surface area (Å²) in [5.41, 5.74) is 3.06. The number of nitrogens with zero attached hydrogens (tertiary/aromatic N) is 6. The number of hydrogen-bond donors (Lipinski definition) is 0. The third-order valence-electron chi connectivity index (χ3n) is 7.62. The highest BCUT2D eigenvalue weighted by atomic mass is 35.5. The van der Waals surface area contributed by atoms with Crippen molar-refractivity contribution in [3.05, 3.63) is 81.0 Å². The first-order valence-electron chi connectivity index (χ1n) is 13.4. The second-order valence-electron chi connectivity index (χ2n) is 10.5. The lowest BCUT2D eigenvalue weighted by molar-refractivity contribution is -0.126. The van der Waals surface area contributed by atoms with Gasteiger partial charge in [-0.05, 0) is 36.6 Å². The van der Waals surface area contributed by atoms with Gasteiger partial charge in [-0.15, -0.1) is 0 Å². The summed E-state index contributed by atoms with van der Waals surface area (Å²) < 4.78 is 7.94. The van der Waals surface area contributed by atoms with Gasteiger partial charge in [-0.1, -0.05) is 61.8 Å². The first kappa shape index (κ1) is 27.2. The number of anilines is 1. The Labute approximate surface area is 247 Å². The van der Waals surface area contributed by atoms with Crippen molar-refractivity contribution in [2.45, 2.75) is 32.7 Å². The van der Waals surface area contributed by atoms with Gasteiger partial charge in [0.25, 0.3) is 0 Å². The molecule has 0 unspecified atom stereocenters. The largest absolute Gasteiger partial charge is 0.489 e. The SMILES string of the molecule is C=CC(=O)N1CCN2c3nc(=O)n(-c4c(C)ccnc4C(C)C)c4nc(-c5ccccc5Cl)c(Cl)c(c34)OC[C@H]2C1. The second-order valence-corrected chi connectivity index (χ2v) is 11.3. The number of benzene rings is 1. The van der Waals surface area contributed by atoms with Crippen LogP contribution in [0.1, 0.15) is 31.0 Å². The Hall–Kier alpha value is -3.95. The fourth-order valence-corrected chi connectivity index (χ4v) is 6.15. The summed E-state index contributed by atoms with van der Waals surface area (Å²) in [7, 11) is 0. The van der Waals surface area contributed by atoms with Gasteiger partial charge in [-0.3, -0.25) is 9.78 Å². The third-order valence-corrected chi connectivity index (χ3v) is 8.30. The number of fused-ring (bicyclic) bond motifs is 2. The topological polar surface area (TPSA) is 93.5 Å². The van der Waals surface area contributed by atoms with E-state index in [1.165, 1.54) is 10.6 Å². The highest BCUT2D eigenvalue weighted by Gasteiger charge is 2.37. The fraction of sp³-hybridized carbons (Fsp3) is 0.300. The molecule has 4 aromatic rings. The van der Waals surface area contributed by atoms with Crippen LogP contribution in [0.15, 0.2) is 54.0 Å². The van der Waals surface area contributed by atoms with Crippen molar-refractivity contribution >= 4 is 46.0 Å². The molecule has 0 bridgehead atoms. The molecule has 210 valence electrons. The van der Waals surface area contributed by atoms with Crippen LogP contribution in [0.4, 0.5) is 5.82 Å². The van der Waals surface area contributed by atoms with Crippen molar-refractivity contribution < 1.29 is 9.53 Å². The lowest BCUT2D eigenvalue weighted by atomic mass is 10.0. The maximum Gasteiger partial charge on any atom is 0.355 e. The number of aryl methyl sites for hydroxylation is 1. The van der Waals surface area contributed by atoms with E-state index < -0.39 is 5.69 Å². The average Bonchev–Trinajstić information content (AvgIpc) is 3.12. The van der Waals surface area contributed by atoms with Crippen molar-refractivity contribution in [1.82, 2.24) is 24.4 Å². The van der Waals surface area contributed by atoms with Gasteiger partial charge >= 0.3 is 5.69 Å². The molecular formula is C30H28Cl2N6O3. The lowest BCUT2D eigenvalue weighted by Crippen LogP contribution is -2.56. The molecule has 0 spiro atoms. The first-order chi connectivity index (χ1) is 19.7. The number of rotatable bonds is 4. The molecule has 2 aliphatic rings. The molecule has 11 heteroatoms. The number of ether oxygens (including phenoxy) is 1. The van der Waals surface area contributed by atoms with E-state index in [1.54, 1.807) is 17.2 Å². The normalized spacial score (nSPS) is 16.4. The Kier molecular flexibility index (Phi) is 6.95. The molecule has 0 N–H and O–H groups in total. The zero-order chi connectivity index (χ0) is 29.0. The van der Waals surface area contributed by atoms with Crippen LogP contribution < -0.4 is 15.3 Å². The minimum Gasteiger partial charge on any atom is -0.489 e. The van der Waals surface area contributed by atoms with Crippen LogP contribution in [0.5, 0.6) is 5.75 Å². The summed E-state index contributed by atoms with van der Waals surface area (Å²) in [4.78, 5) is 44.5. The second kappa shape index (κ2) is 10.5. The number of amides is 1. The van der Waals surface area contributed by atoms with Crippen LogP contribution >= 0.6 is 23.2 Å². The van der Waals surface area contributed by atoms with E-state index in [-0.39, 0.29) is 29.5 Å². The summed E-state index contributed by atoms with van der Waals surface area (Å²) in [6.07, 6.45) is 3.04. The Morgan fingerprint density at radius 1 is 1.17 bits per heavy atom. The van der Waals surface area contributed by atoms with Gasteiger partial charge in [0.2, 0.25) is 5.91 Å². The molecule has 0 saturated carbocycles. The predicted octanol–water partition coefficient (Wildman–Crippen LogP) is 5.18. The van der Waals surface area contributed by atoms with Gasteiger partial charge in [0.15, 0.2) is 11.4 Å². The van der Waals surface area contributed by atoms with E-state index in [9.17, 15) is 9.59 Å². The number of piperazine rings is 1. The molecule has 5 heterocycles. The molecule has 1 saturated heterocycles. The maximum absolute atomic E-state index is 14.1. The van der Waals surface area contributed by atoms with Gasteiger partial charge in [0.1, 0.15) is 22.8 Å². The molecule has 41 heavy (non-hydrogen) atoms. The maximum atomic E-state index is 14.1. The van der Waals surface area contributed by atoms with Crippen molar-refractivity contribution in [2.75, 3.05) is 31.1 Å². The minimum absolute atomic E-state index is 0.0214. The van der Waals surface area contributed by atoms with Crippen molar-refractivity contribution in [3.8, 4) is 22.7 Å². The van der Waals surface area contributed by atoms with Crippen LogP contribution in [0.3, 0.4) is 0 Å². The molecule has 0 radical (unpaired) electrons. The Morgan fingerprint density at radius 3 is 2.68 bits per heavy atom. The molecule has 1 atom stereocenters. The van der Waals surface area contributed by atoms with Gasteiger partial charge in [-0.2, -0.15) is 4.98 Å². The number of carbonyl (C=O) groups excluding carboxylic acids is 1. The van der Waals surface area contributed by atoms with E-state index in [1.807, 2.05) is 49.9 Å². The van der Waals surface area contributed by atoms with Crippen molar-refractivity contribution in [1.29, 1.82) is 0 Å². The van der Waals surface area contributed by atoms with Crippen LogP contribution in [0.25, 0.3) is 28.0 Å². The van der Waals surface area contributed by atoms with Crippen LogP contribution in [-0.2, 0) is 4.79 Å². The van der Waals surface area contributed by atoms with E-state index >= 15 is 0 Å². The number of carbonyl (C=O) groups is 1. The lowest BCUT2D eigenvalue weighted by Gasteiger charge is -2.40. The Balaban J connectivity index is 1.70. The van der Waals surface area contributed by atoms with Crippen molar-refractivity contribution in [2.24, 2.45) is 0 Å². The zero-order valence-electron chi connectivity index (χ0n) is 22.9. The van der Waals surface area contributed by atoms with Crippen LogP contribution in [0.2, 0.25) is 10.0 Å². The van der Waals surface area contributed by atoms with E-state index in [4.69, 9.17) is 32.9 Å². The van der Waals surface area contributed by atoms with E-state index in [2.05, 4.69) is 16.5 Å². The average molecular weight is 591 g/mol. The minimum atomic E-state index is -0.498. The molecule has 1 fully saturated rings. The fourth-order valence-electron chi connectivity index (χ4n) is 5.63. The third kappa shape index (κ3) is 4.44. The highest BCUT2D eigenvalue weighted by Crippen LogP contribution is 2.46. The van der Waals surface area contributed by atoms with Gasteiger partial charge < -0.3 is 14.5 Å². The molecule has 6 rings (SSSR count). The summed E-state index contributed by atoms with van der Waals surface area (Å²) in [6.45, 7) is 11.1. The van der Waals surface area contributed by atoms with Gasteiger partial charge in [-0.25, -0.2) is 14.3 Å². The highest BCUT2D eigenvalue weighted by molar-refractivity contribution is 6.38. The molecule has 9 nitrogen and oxygen atoms in total. The van der Waals surface area contributed by atoms with E-state index in [0.717, 1.165) is 11.3 Å². The summed E-state index contributed by atoms with van der Waals surface area (Å²) in [5.74, 6) is 0.658. The Bertz CT molecular complexity index is 1790. The van der Waals surface area contributed by atoms with Crippen molar-refractivity contribution in [3.63, 3.8) is 0 Å². The van der Waals surface area contributed by atoms with Gasteiger partial charge in [0.05, 0.1) is 28.1 Å². The molecule has 2 aliphatic heterocycles. The molecule has 0 aliphatic carbocycles. The monoisotopic (exact) mass is 590 g/mol. The molecular weight excluding hydrogens is 563 g/mol. The van der Waals surface area contributed by atoms with E-state index in [0.29, 0.717) is 64.2 Å². The number of pyridine rings is 2. The number of halogens is 2. The summed E-state index contributed by atoms with van der Waals surface area (Å²) in [5, 5.41) is 1.25. The summed E-state index contributed by atoms with van der Waals surface area (Å²) in [6, 6.07) is 8.86. The van der Waals surface area contributed by atoms with Gasteiger partial charge in [0, 0.05) is 31.4 Å². The molecule has 1 amide bonds. The standard InChI is InChI=1S/C30H28Cl2N6O3/c1-5-21(39)36-12-13-37-18(14-36)15-41-27-22-28(37)35-30(40)38(26-17(4)10-11-33-24(26)16(2)3)29(22)34-25(23(27)32)19-8-6-7-9-20(19)31/h5-11,16,18H,1,12-15H2,2-4H3/t18-/m1/s1. The zero-order valence-corrected chi connectivity index (χ0v) is 24.4. The number of hydrogen-bond acceptors (Lipinski definition) is 7. The molecule has 1 aromatic carbocycles. The first-order valence-corrected chi connectivity index (χ1v) is 14.1. The quantitative estimate of drug-likeness (QED) is 0.302.